The molecule has 0 aromatic carbocycles. The predicted octanol–water partition coefficient (Wildman–Crippen LogP) is 0.672. The molecule has 0 atom stereocenters. The highest BCUT2D eigenvalue weighted by Crippen LogP contribution is 1.91. The summed E-state index contributed by atoms with van der Waals surface area (Å²) < 4.78 is 16.2. The molecule has 6 heteroatoms. The number of methoxy groups -OCH3 is 2. The minimum absolute atomic E-state index is 0.512. The Morgan fingerprint density at radius 1 is 1.00 bits per heavy atom. The van der Waals surface area contributed by atoms with Gasteiger partial charge in [0.15, 0.2) is 0 Å². The molecule has 0 heterocycles. The molecule has 1 radical (unpaired) electrons. The second kappa shape index (κ2) is 5.33. The molecule has 63 valence electrons. The first-order chi connectivity index (χ1) is 5.20. The largest absolute Gasteiger partial charge is 0.511 e. The van der Waals surface area contributed by atoms with Gasteiger partial charge in [0.25, 0.3) is 0 Å². The van der Waals surface area contributed by atoms with Crippen molar-refractivity contribution in [2.24, 2.45) is 0 Å². The SMILES string of the molecule is COC(=O)O[CH]OC(=O)OC. The predicted molar refractivity (Wildman–Crippen MR) is 31.3 cm³/mol. The molecular formula is C5H7O6. The first kappa shape index (κ1) is 9.54. The fourth-order valence-corrected chi connectivity index (χ4v) is 0.199. The highest BCUT2D eigenvalue weighted by molar-refractivity contribution is 5.62. The van der Waals surface area contributed by atoms with Crippen molar-refractivity contribution in [3.63, 3.8) is 0 Å². The number of carbonyl (C=O) groups is 2. The number of hydrogen-bond acceptors (Lipinski definition) is 6. The Morgan fingerprint density at radius 3 is 1.64 bits per heavy atom. The van der Waals surface area contributed by atoms with Gasteiger partial charge in [0.2, 0.25) is 0 Å². The lowest BCUT2D eigenvalue weighted by molar-refractivity contribution is 0.0185. The average molecular weight is 163 g/mol. The zero-order valence-corrected chi connectivity index (χ0v) is 6.03. The van der Waals surface area contributed by atoms with Gasteiger partial charge in [-0.2, -0.15) is 0 Å². The molecule has 0 aliphatic heterocycles. The molecule has 0 aliphatic rings. The molecule has 0 bridgehead atoms. The highest BCUT2D eigenvalue weighted by atomic mass is 16.8. The van der Waals surface area contributed by atoms with Crippen LogP contribution in [0.15, 0.2) is 0 Å². The standard InChI is InChI=1S/C5H7O6/c1-8-4(6)10-3-11-5(7)9-2/h3H,1-2H3. The second-order valence-electron chi connectivity index (χ2n) is 1.24. The van der Waals surface area contributed by atoms with Crippen LogP contribution in [0.1, 0.15) is 0 Å². The molecule has 11 heavy (non-hydrogen) atoms. The van der Waals surface area contributed by atoms with Crippen molar-refractivity contribution in [1.82, 2.24) is 0 Å². The number of hydrogen-bond donors (Lipinski definition) is 0. The van der Waals surface area contributed by atoms with Crippen molar-refractivity contribution in [2.45, 2.75) is 0 Å². The van der Waals surface area contributed by atoms with Gasteiger partial charge >= 0.3 is 19.1 Å². The Kier molecular flexibility index (Phi) is 4.63. The zero-order valence-electron chi connectivity index (χ0n) is 6.03. The van der Waals surface area contributed by atoms with E-state index in [0.717, 1.165) is 14.2 Å². The first-order valence-electron chi connectivity index (χ1n) is 2.51. The van der Waals surface area contributed by atoms with E-state index in [1.54, 1.807) is 0 Å². The van der Waals surface area contributed by atoms with Crippen LogP contribution >= 0.6 is 0 Å². The molecule has 0 rings (SSSR count). The Hall–Kier alpha value is -1.46. The van der Waals surface area contributed by atoms with Crippen molar-refractivity contribution in [2.75, 3.05) is 14.2 Å². The first-order valence-corrected chi connectivity index (χ1v) is 2.51. The lowest BCUT2D eigenvalue weighted by Gasteiger charge is -2.00. The average Bonchev–Trinajstić information content (AvgIpc) is 2.04. The van der Waals surface area contributed by atoms with E-state index < -0.39 is 12.3 Å². The molecule has 0 aliphatic carbocycles. The van der Waals surface area contributed by atoms with Crippen LogP contribution in [0.3, 0.4) is 0 Å². The maximum Gasteiger partial charge on any atom is 0.511 e. The maximum absolute atomic E-state index is 10.2. The molecule has 6 nitrogen and oxygen atoms in total. The molecule has 0 unspecified atom stereocenters. The van der Waals surface area contributed by atoms with Crippen molar-refractivity contribution >= 4 is 12.3 Å². The smallest absolute Gasteiger partial charge is 0.438 e. The minimum Gasteiger partial charge on any atom is -0.438 e. The topological polar surface area (TPSA) is 71.1 Å². The molecular weight excluding hydrogens is 156 g/mol. The van der Waals surface area contributed by atoms with E-state index in [-0.39, 0.29) is 0 Å². The van der Waals surface area contributed by atoms with Gasteiger partial charge in [-0.1, -0.05) is 0 Å². The lowest BCUT2D eigenvalue weighted by Crippen LogP contribution is -2.08. The summed E-state index contributed by atoms with van der Waals surface area (Å²) in [6, 6.07) is 0. The van der Waals surface area contributed by atoms with Crippen LogP contribution in [0, 0.1) is 6.79 Å². The monoisotopic (exact) mass is 163 g/mol. The summed E-state index contributed by atoms with van der Waals surface area (Å²) in [5.41, 5.74) is 0. The van der Waals surface area contributed by atoms with Gasteiger partial charge in [-0.3, -0.25) is 0 Å². The quantitative estimate of drug-likeness (QED) is 0.557. The third kappa shape index (κ3) is 5.01. The Bertz CT molecular complexity index is 126. The zero-order chi connectivity index (χ0) is 8.69. The van der Waals surface area contributed by atoms with Crippen LogP contribution in [-0.2, 0) is 18.9 Å². The molecule has 0 aromatic heterocycles. The van der Waals surface area contributed by atoms with Crippen LogP contribution < -0.4 is 0 Å². The van der Waals surface area contributed by atoms with Gasteiger partial charge in [0.1, 0.15) is 0 Å². The summed E-state index contributed by atoms with van der Waals surface area (Å²) in [4.78, 5) is 20.3. The number of carbonyl (C=O) groups excluding carboxylic acids is 2. The van der Waals surface area contributed by atoms with E-state index in [9.17, 15) is 9.59 Å². The third-order valence-corrected chi connectivity index (χ3v) is 0.622. The molecule has 0 amide bonds. The van der Waals surface area contributed by atoms with Gasteiger partial charge in [-0.25, -0.2) is 9.59 Å². The molecule has 0 fully saturated rings. The molecule has 0 N–H and O–H groups in total. The summed E-state index contributed by atoms with van der Waals surface area (Å²) in [6.45, 7) is 0.512. The van der Waals surface area contributed by atoms with Crippen molar-refractivity contribution in [3.05, 3.63) is 6.79 Å². The number of rotatable bonds is 2. The third-order valence-electron chi connectivity index (χ3n) is 0.622. The highest BCUT2D eigenvalue weighted by Gasteiger charge is 2.05. The van der Waals surface area contributed by atoms with Crippen LogP contribution in [0.5, 0.6) is 0 Å². The molecule has 0 saturated heterocycles. The van der Waals surface area contributed by atoms with Gasteiger partial charge in [0.05, 0.1) is 14.2 Å². The summed E-state index contributed by atoms with van der Waals surface area (Å²) in [7, 11) is 2.24. The van der Waals surface area contributed by atoms with Crippen LogP contribution in [0.4, 0.5) is 9.59 Å². The van der Waals surface area contributed by atoms with Gasteiger partial charge in [0, 0.05) is 0 Å². The lowest BCUT2D eigenvalue weighted by atomic mass is 11.2. The van der Waals surface area contributed by atoms with E-state index in [1.165, 1.54) is 0 Å². The van der Waals surface area contributed by atoms with Crippen LogP contribution in [-0.4, -0.2) is 26.5 Å². The minimum atomic E-state index is -0.978. The molecule has 0 saturated carbocycles. The summed E-state index contributed by atoms with van der Waals surface area (Å²) in [5.74, 6) is 0. The van der Waals surface area contributed by atoms with Gasteiger partial charge in [-0.05, 0) is 0 Å². The maximum atomic E-state index is 10.2. The van der Waals surface area contributed by atoms with Crippen molar-refractivity contribution in [3.8, 4) is 0 Å². The van der Waals surface area contributed by atoms with E-state index in [0.29, 0.717) is 6.79 Å². The Morgan fingerprint density at radius 2 is 1.36 bits per heavy atom. The fraction of sp³-hybridized carbons (Fsp3) is 0.400. The molecule has 0 spiro atoms. The van der Waals surface area contributed by atoms with Crippen LogP contribution in [0.2, 0.25) is 0 Å². The Labute approximate surface area is 63.0 Å². The van der Waals surface area contributed by atoms with Crippen molar-refractivity contribution < 1.29 is 28.5 Å². The van der Waals surface area contributed by atoms with Crippen LogP contribution in [0.25, 0.3) is 0 Å². The van der Waals surface area contributed by atoms with E-state index in [2.05, 4.69) is 18.9 Å². The van der Waals surface area contributed by atoms with E-state index in [1.807, 2.05) is 0 Å². The van der Waals surface area contributed by atoms with Gasteiger partial charge < -0.3 is 18.9 Å². The fourth-order valence-electron chi connectivity index (χ4n) is 0.199. The van der Waals surface area contributed by atoms with E-state index in [4.69, 9.17) is 0 Å². The summed E-state index contributed by atoms with van der Waals surface area (Å²) in [5, 5.41) is 0. The Balaban J connectivity index is 3.27. The summed E-state index contributed by atoms with van der Waals surface area (Å²) in [6.07, 6.45) is -1.96. The second-order valence-corrected chi connectivity index (χ2v) is 1.24. The molecule has 0 aromatic rings. The summed E-state index contributed by atoms with van der Waals surface area (Å²) >= 11 is 0. The van der Waals surface area contributed by atoms with Gasteiger partial charge in [-0.15, -0.1) is 0 Å². The normalized spacial score (nSPS) is 8.18. The van der Waals surface area contributed by atoms with Crippen molar-refractivity contribution in [1.29, 1.82) is 0 Å². The van der Waals surface area contributed by atoms with E-state index >= 15 is 0 Å². The number of ether oxygens (including phenoxy) is 4.